The van der Waals surface area contributed by atoms with Gasteiger partial charge in [0, 0.05) is 32.2 Å². The van der Waals surface area contributed by atoms with Crippen molar-refractivity contribution in [1.29, 1.82) is 0 Å². The second kappa shape index (κ2) is 11.0. The van der Waals surface area contributed by atoms with E-state index in [1.807, 2.05) is 4.68 Å². The fraction of sp³-hybridized carbons (Fsp3) is 0.400. The van der Waals surface area contributed by atoms with Gasteiger partial charge >= 0.3 is 0 Å². The Hall–Kier alpha value is -3.03. The molecule has 2 N–H and O–H groups in total. The highest BCUT2D eigenvalue weighted by Gasteiger charge is 2.26. The highest BCUT2D eigenvalue weighted by Crippen LogP contribution is 2.28. The Morgan fingerprint density at radius 2 is 1.78 bits per heavy atom. The van der Waals surface area contributed by atoms with Crippen LogP contribution in [0.2, 0.25) is 0 Å². The SMILES string of the molecule is O=C(NCCCO)c1cn([C@@H]2CCCN(CC(c3ccccc3)c3ccccc3)C2)nn1. The molecule has 1 saturated heterocycles. The lowest BCUT2D eigenvalue weighted by molar-refractivity contribution is 0.0946. The summed E-state index contributed by atoms with van der Waals surface area (Å²) in [5.74, 6) is 0.0605. The van der Waals surface area contributed by atoms with E-state index in [9.17, 15) is 4.79 Å². The molecule has 2 aromatic carbocycles. The van der Waals surface area contributed by atoms with E-state index in [0.29, 0.717) is 24.6 Å². The fourth-order valence-corrected chi connectivity index (χ4v) is 4.38. The summed E-state index contributed by atoms with van der Waals surface area (Å²) in [7, 11) is 0. The molecule has 4 rings (SSSR count). The zero-order valence-corrected chi connectivity index (χ0v) is 18.3. The number of nitrogens with one attached hydrogen (secondary N) is 1. The number of hydrogen-bond acceptors (Lipinski definition) is 5. The number of benzene rings is 2. The maximum absolute atomic E-state index is 12.2. The lowest BCUT2D eigenvalue weighted by Gasteiger charge is -2.35. The minimum atomic E-state index is -0.245. The molecule has 2 heterocycles. The number of piperidine rings is 1. The summed E-state index contributed by atoms with van der Waals surface area (Å²) in [6.07, 6.45) is 4.38. The molecule has 32 heavy (non-hydrogen) atoms. The molecule has 168 valence electrons. The standard InChI is InChI=1S/C25H31N5O2/c31-16-8-14-26-25(32)24-19-30(28-27-24)22-13-7-15-29(17-22)18-23(20-9-3-1-4-10-20)21-11-5-2-6-12-21/h1-6,9-12,19,22-23,31H,7-8,13-18H2,(H,26,32)/t22-/m1/s1. The van der Waals surface area contributed by atoms with Crippen molar-refractivity contribution >= 4 is 5.91 Å². The molecule has 0 aliphatic carbocycles. The van der Waals surface area contributed by atoms with Crippen molar-refractivity contribution < 1.29 is 9.90 Å². The van der Waals surface area contributed by atoms with Crippen LogP contribution in [0.4, 0.5) is 0 Å². The topological polar surface area (TPSA) is 83.3 Å². The Labute approximate surface area is 189 Å². The predicted octanol–water partition coefficient (Wildman–Crippen LogP) is 2.86. The minimum Gasteiger partial charge on any atom is -0.396 e. The molecule has 1 fully saturated rings. The largest absolute Gasteiger partial charge is 0.396 e. The average molecular weight is 434 g/mol. The first-order valence-corrected chi connectivity index (χ1v) is 11.4. The molecule has 7 nitrogen and oxygen atoms in total. The van der Waals surface area contributed by atoms with E-state index in [2.05, 4.69) is 81.2 Å². The van der Waals surface area contributed by atoms with Gasteiger partial charge in [0.15, 0.2) is 5.69 Å². The smallest absolute Gasteiger partial charge is 0.273 e. The molecular formula is C25H31N5O2. The molecule has 1 aromatic heterocycles. The highest BCUT2D eigenvalue weighted by molar-refractivity contribution is 5.91. The minimum absolute atomic E-state index is 0.0534. The summed E-state index contributed by atoms with van der Waals surface area (Å²) >= 11 is 0. The van der Waals surface area contributed by atoms with Crippen LogP contribution in [0.15, 0.2) is 66.9 Å². The number of nitrogens with zero attached hydrogens (tertiary/aromatic N) is 4. The van der Waals surface area contributed by atoms with Crippen LogP contribution in [0.5, 0.6) is 0 Å². The zero-order chi connectivity index (χ0) is 22.2. The van der Waals surface area contributed by atoms with Crippen molar-refractivity contribution in [2.24, 2.45) is 0 Å². The van der Waals surface area contributed by atoms with Crippen LogP contribution < -0.4 is 5.32 Å². The molecule has 3 aromatic rings. The second-order valence-electron chi connectivity index (χ2n) is 8.35. The zero-order valence-electron chi connectivity index (χ0n) is 18.3. The number of aromatic nitrogens is 3. The number of likely N-dealkylation sites (tertiary alicyclic amines) is 1. The Bertz CT molecular complexity index is 937. The molecule has 1 aliphatic rings. The highest BCUT2D eigenvalue weighted by atomic mass is 16.3. The van der Waals surface area contributed by atoms with E-state index < -0.39 is 0 Å². The monoisotopic (exact) mass is 433 g/mol. The maximum Gasteiger partial charge on any atom is 0.273 e. The normalized spacial score (nSPS) is 16.9. The Morgan fingerprint density at radius 1 is 1.09 bits per heavy atom. The third-order valence-electron chi connectivity index (χ3n) is 6.06. The van der Waals surface area contributed by atoms with Crippen LogP contribution in [0.25, 0.3) is 0 Å². The number of carbonyl (C=O) groups excluding carboxylic acids is 1. The summed E-state index contributed by atoms with van der Waals surface area (Å²) in [6.45, 7) is 3.35. The Morgan fingerprint density at radius 3 is 2.44 bits per heavy atom. The van der Waals surface area contributed by atoms with Crippen molar-refractivity contribution in [2.45, 2.75) is 31.2 Å². The number of hydrogen-bond donors (Lipinski definition) is 2. The second-order valence-corrected chi connectivity index (χ2v) is 8.35. The summed E-state index contributed by atoms with van der Waals surface area (Å²) < 4.78 is 1.84. The van der Waals surface area contributed by atoms with Crippen LogP contribution >= 0.6 is 0 Å². The third kappa shape index (κ3) is 5.60. The summed E-state index contributed by atoms with van der Waals surface area (Å²) in [4.78, 5) is 14.7. The van der Waals surface area contributed by atoms with Crippen molar-refractivity contribution in [3.8, 4) is 0 Å². The number of aliphatic hydroxyl groups is 1. The van der Waals surface area contributed by atoms with Crippen LogP contribution in [0.3, 0.4) is 0 Å². The third-order valence-corrected chi connectivity index (χ3v) is 6.06. The van der Waals surface area contributed by atoms with Crippen molar-refractivity contribution in [1.82, 2.24) is 25.2 Å². The first-order valence-electron chi connectivity index (χ1n) is 11.4. The van der Waals surface area contributed by atoms with E-state index in [1.54, 1.807) is 6.20 Å². The fourth-order valence-electron chi connectivity index (χ4n) is 4.38. The first-order chi connectivity index (χ1) is 15.7. The Balaban J connectivity index is 1.44. The molecule has 7 heteroatoms. The van der Waals surface area contributed by atoms with Gasteiger partial charge in [0.05, 0.1) is 12.2 Å². The van der Waals surface area contributed by atoms with Crippen molar-refractivity contribution in [3.63, 3.8) is 0 Å². The van der Waals surface area contributed by atoms with Crippen LogP contribution in [-0.2, 0) is 0 Å². The van der Waals surface area contributed by atoms with Gasteiger partial charge in [-0.1, -0.05) is 65.9 Å². The van der Waals surface area contributed by atoms with Crippen molar-refractivity contribution in [3.05, 3.63) is 83.7 Å². The quantitative estimate of drug-likeness (QED) is 0.507. The van der Waals surface area contributed by atoms with Crippen LogP contribution in [-0.4, -0.2) is 63.7 Å². The maximum atomic E-state index is 12.2. The molecule has 1 atom stereocenters. The lowest BCUT2D eigenvalue weighted by Crippen LogP contribution is -2.39. The van der Waals surface area contributed by atoms with Crippen molar-refractivity contribution in [2.75, 3.05) is 32.8 Å². The molecule has 1 amide bonds. The first kappa shape index (κ1) is 22.2. The molecule has 0 unspecified atom stereocenters. The van der Waals surface area contributed by atoms with Gasteiger partial charge in [-0.2, -0.15) is 0 Å². The number of aliphatic hydroxyl groups excluding tert-OH is 1. The van der Waals surface area contributed by atoms with Gasteiger partial charge in [-0.05, 0) is 36.9 Å². The molecule has 0 saturated carbocycles. The van der Waals surface area contributed by atoms with Gasteiger partial charge in [0.1, 0.15) is 0 Å². The van der Waals surface area contributed by atoms with E-state index in [-0.39, 0.29) is 18.6 Å². The number of rotatable bonds is 9. The van der Waals surface area contributed by atoms with Crippen LogP contribution in [0.1, 0.15) is 52.8 Å². The van der Waals surface area contributed by atoms with Gasteiger partial charge in [-0.25, -0.2) is 4.68 Å². The molecule has 0 radical (unpaired) electrons. The predicted molar refractivity (Wildman–Crippen MR) is 123 cm³/mol. The molecule has 0 spiro atoms. The number of amides is 1. The van der Waals surface area contributed by atoms with Gasteiger partial charge in [-0.15, -0.1) is 5.10 Å². The van der Waals surface area contributed by atoms with E-state index in [4.69, 9.17) is 5.11 Å². The lowest BCUT2D eigenvalue weighted by atomic mass is 9.90. The number of carbonyl (C=O) groups is 1. The van der Waals surface area contributed by atoms with E-state index >= 15 is 0 Å². The molecule has 1 aliphatic heterocycles. The van der Waals surface area contributed by atoms with Gasteiger partial charge in [0.2, 0.25) is 0 Å². The Kier molecular flexibility index (Phi) is 7.64. The van der Waals surface area contributed by atoms with E-state index in [1.165, 1.54) is 11.1 Å². The molecular weight excluding hydrogens is 402 g/mol. The summed E-state index contributed by atoms with van der Waals surface area (Å²) in [5.41, 5.74) is 2.97. The van der Waals surface area contributed by atoms with Gasteiger partial charge in [0.25, 0.3) is 5.91 Å². The molecule has 0 bridgehead atoms. The van der Waals surface area contributed by atoms with Crippen LogP contribution in [0, 0.1) is 0 Å². The van der Waals surface area contributed by atoms with Gasteiger partial charge in [-0.3, -0.25) is 4.79 Å². The summed E-state index contributed by atoms with van der Waals surface area (Å²) in [6, 6.07) is 21.6. The van der Waals surface area contributed by atoms with E-state index in [0.717, 1.165) is 32.5 Å². The summed E-state index contributed by atoms with van der Waals surface area (Å²) in [5, 5.41) is 20.0. The average Bonchev–Trinajstić information content (AvgIpc) is 3.35. The van der Waals surface area contributed by atoms with Gasteiger partial charge < -0.3 is 15.3 Å².